The van der Waals surface area contributed by atoms with E-state index in [1.807, 2.05) is 36.4 Å². The summed E-state index contributed by atoms with van der Waals surface area (Å²) in [7, 11) is 0. The third-order valence-electron chi connectivity index (χ3n) is 4.80. The Hall–Kier alpha value is -3.41. The van der Waals surface area contributed by atoms with Crippen LogP contribution in [-0.4, -0.2) is 14.8 Å². The first-order valence-corrected chi connectivity index (χ1v) is 9.53. The number of hydrogen-bond acceptors (Lipinski definition) is 3. The molecule has 0 aliphatic rings. The zero-order valence-corrected chi connectivity index (χ0v) is 16.7. The van der Waals surface area contributed by atoms with Crippen LogP contribution in [0.5, 0.6) is 0 Å². The Kier molecular flexibility index (Phi) is 4.70. The molecule has 148 valence electrons. The van der Waals surface area contributed by atoms with Crippen LogP contribution < -0.4 is 10.9 Å². The largest absolute Gasteiger partial charge is 0.381 e. The van der Waals surface area contributed by atoms with Gasteiger partial charge in [-0.1, -0.05) is 39.0 Å². The molecule has 0 aliphatic carbocycles. The molecule has 0 aliphatic heterocycles. The fourth-order valence-electron chi connectivity index (χ4n) is 3.32. The number of nitrogens with zero attached hydrogens (tertiary/aromatic N) is 2. The van der Waals surface area contributed by atoms with Gasteiger partial charge in [0.25, 0.3) is 5.56 Å². The Morgan fingerprint density at radius 3 is 2.41 bits per heavy atom. The van der Waals surface area contributed by atoms with Gasteiger partial charge in [-0.3, -0.25) is 4.79 Å². The second-order valence-electron chi connectivity index (χ2n) is 8.09. The lowest BCUT2D eigenvalue weighted by molar-refractivity contribution is 0.565. The van der Waals surface area contributed by atoms with E-state index in [4.69, 9.17) is 5.10 Å². The topological polar surface area (TPSA) is 62.7 Å². The van der Waals surface area contributed by atoms with E-state index in [-0.39, 0.29) is 16.8 Å². The van der Waals surface area contributed by atoms with E-state index in [2.05, 4.69) is 31.1 Å². The molecular weight excluding hydrogens is 367 g/mol. The van der Waals surface area contributed by atoms with Crippen molar-refractivity contribution in [3.8, 4) is 5.69 Å². The quantitative estimate of drug-likeness (QED) is 0.528. The molecule has 2 heterocycles. The minimum atomic E-state index is -0.294. The lowest BCUT2D eigenvalue weighted by Gasteiger charge is -2.15. The van der Waals surface area contributed by atoms with Crippen molar-refractivity contribution >= 4 is 16.7 Å². The van der Waals surface area contributed by atoms with Gasteiger partial charge < -0.3 is 10.3 Å². The van der Waals surface area contributed by atoms with E-state index < -0.39 is 0 Å². The summed E-state index contributed by atoms with van der Waals surface area (Å²) >= 11 is 0. The SMILES string of the molecule is CC(C)(C)c1nn(-c2ccccc2)c2[nH]c(=O)c(CNc3ccc(F)cc3)cc12. The maximum atomic E-state index is 13.1. The number of anilines is 1. The highest BCUT2D eigenvalue weighted by Crippen LogP contribution is 2.30. The first kappa shape index (κ1) is 18.9. The average molecular weight is 390 g/mol. The number of fused-ring (bicyclic) bond motifs is 1. The predicted octanol–water partition coefficient (Wildman–Crippen LogP) is 4.76. The van der Waals surface area contributed by atoms with Crippen LogP contribution in [0.3, 0.4) is 0 Å². The summed E-state index contributed by atoms with van der Waals surface area (Å²) in [5.41, 5.74) is 3.46. The molecule has 0 unspecified atom stereocenters. The zero-order valence-electron chi connectivity index (χ0n) is 16.7. The second-order valence-corrected chi connectivity index (χ2v) is 8.09. The normalized spacial score (nSPS) is 11.7. The molecule has 2 aromatic heterocycles. The summed E-state index contributed by atoms with van der Waals surface area (Å²) < 4.78 is 14.9. The van der Waals surface area contributed by atoms with E-state index in [1.165, 1.54) is 12.1 Å². The Balaban J connectivity index is 1.79. The molecule has 0 bridgehead atoms. The lowest BCUT2D eigenvalue weighted by Crippen LogP contribution is -2.17. The Labute approximate surface area is 168 Å². The molecular formula is C23H23FN4O. The highest BCUT2D eigenvalue weighted by atomic mass is 19.1. The van der Waals surface area contributed by atoms with Crippen molar-refractivity contribution < 1.29 is 4.39 Å². The molecule has 0 atom stereocenters. The number of pyridine rings is 1. The number of halogens is 1. The van der Waals surface area contributed by atoms with Crippen molar-refractivity contribution in [2.24, 2.45) is 0 Å². The van der Waals surface area contributed by atoms with Gasteiger partial charge in [-0.05, 0) is 42.5 Å². The molecule has 5 nitrogen and oxygen atoms in total. The number of aromatic nitrogens is 3. The highest BCUT2D eigenvalue weighted by Gasteiger charge is 2.24. The summed E-state index contributed by atoms with van der Waals surface area (Å²) in [6.07, 6.45) is 0. The Morgan fingerprint density at radius 1 is 1.07 bits per heavy atom. The van der Waals surface area contributed by atoms with Gasteiger partial charge in [0, 0.05) is 28.6 Å². The van der Waals surface area contributed by atoms with Crippen LogP contribution in [0, 0.1) is 5.82 Å². The molecule has 0 amide bonds. The maximum absolute atomic E-state index is 13.1. The highest BCUT2D eigenvalue weighted by molar-refractivity contribution is 5.81. The minimum Gasteiger partial charge on any atom is -0.381 e. The number of nitrogens with one attached hydrogen (secondary N) is 2. The summed E-state index contributed by atoms with van der Waals surface area (Å²) in [5.74, 6) is -0.294. The van der Waals surface area contributed by atoms with E-state index in [0.29, 0.717) is 17.8 Å². The van der Waals surface area contributed by atoms with Gasteiger partial charge in [-0.2, -0.15) is 5.10 Å². The van der Waals surface area contributed by atoms with Crippen molar-refractivity contribution in [1.29, 1.82) is 0 Å². The van der Waals surface area contributed by atoms with E-state index >= 15 is 0 Å². The molecule has 6 heteroatoms. The van der Waals surface area contributed by atoms with Gasteiger partial charge >= 0.3 is 0 Å². The molecule has 4 rings (SSSR count). The van der Waals surface area contributed by atoms with Gasteiger partial charge in [0.1, 0.15) is 11.5 Å². The minimum absolute atomic E-state index is 0.176. The first-order valence-electron chi connectivity index (χ1n) is 9.53. The predicted molar refractivity (Wildman–Crippen MR) is 114 cm³/mol. The van der Waals surface area contributed by atoms with Crippen molar-refractivity contribution in [2.75, 3.05) is 5.32 Å². The van der Waals surface area contributed by atoms with Crippen molar-refractivity contribution in [3.63, 3.8) is 0 Å². The van der Waals surface area contributed by atoms with Crippen LogP contribution in [0.25, 0.3) is 16.7 Å². The maximum Gasteiger partial charge on any atom is 0.254 e. The Morgan fingerprint density at radius 2 is 1.76 bits per heavy atom. The van der Waals surface area contributed by atoms with E-state index in [1.54, 1.807) is 16.8 Å². The monoisotopic (exact) mass is 390 g/mol. The fraction of sp³-hybridized carbons (Fsp3) is 0.217. The Bertz CT molecular complexity index is 1200. The summed E-state index contributed by atoms with van der Waals surface area (Å²) in [6, 6.07) is 17.7. The van der Waals surface area contributed by atoms with Crippen LogP contribution in [0.2, 0.25) is 0 Å². The van der Waals surface area contributed by atoms with Gasteiger partial charge in [-0.15, -0.1) is 0 Å². The molecule has 0 fully saturated rings. The zero-order chi connectivity index (χ0) is 20.6. The van der Waals surface area contributed by atoms with Gasteiger partial charge in [0.15, 0.2) is 0 Å². The van der Waals surface area contributed by atoms with Gasteiger partial charge in [-0.25, -0.2) is 9.07 Å². The molecule has 29 heavy (non-hydrogen) atoms. The third kappa shape index (κ3) is 3.78. The van der Waals surface area contributed by atoms with Crippen LogP contribution in [0.15, 0.2) is 65.5 Å². The van der Waals surface area contributed by atoms with Crippen LogP contribution in [0.4, 0.5) is 10.1 Å². The number of rotatable bonds is 4. The van der Waals surface area contributed by atoms with E-state index in [9.17, 15) is 9.18 Å². The van der Waals surface area contributed by atoms with Crippen molar-refractivity contribution in [2.45, 2.75) is 32.7 Å². The first-order chi connectivity index (χ1) is 13.8. The van der Waals surface area contributed by atoms with Crippen LogP contribution >= 0.6 is 0 Å². The third-order valence-corrected chi connectivity index (χ3v) is 4.80. The number of H-pyrrole nitrogens is 1. The van der Waals surface area contributed by atoms with Crippen LogP contribution in [-0.2, 0) is 12.0 Å². The molecule has 0 radical (unpaired) electrons. The summed E-state index contributed by atoms with van der Waals surface area (Å²) in [4.78, 5) is 15.8. The molecule has 0 saturated heterocycles. The molecule has 2 aromatic carbocycles. The average Bonchev–Trinajstić information content (AvgIpc) is 3.07. The standard InChI is InChI=1S/C23H23FN4O/c1-23(2,3)20-19-13-15(14-25-17-11-9-16(24)10-12-17)22(29)26-21(19)28(27-20)18-7-5-4-6-8-18/h4-13,25H,14H2,1-3H3,(H,26,29). The summed E-state index contributed by atoms with van der Waals surface area (Å²) in [6.45, 7) is 6.64. The molecule has 0 spiro atoms. The molecule has 4 aromatic rings. The van der Waals surface area contributed by atoms with Gasteiger partial charge in [0.2, 0.25) is 0 Å². The second kappa shape index (κ2) is 7.20. The van der Waals surface area contributed by atoms with Crippen molar-refractivity contribution in [1.82, 2.24) is 14.8 Å². The van der Waals surface area contributed by atoms with Crippen molar-refractivity contribution in [3.05, 3.63) is 88.1 Å². The molecule has 2 N–H and O–H groups in total. The number of aromatic amines is 1. The van der Waals surface area contributed by atoms with Gasteiger partial charge in [0.05, 0.1) is 11.4 Å². The number of benzene rings is 2. The van der Waals surface area contributed by atoms with E-state index in [0.717, 1.165) is 22.5 Å². The number of para-hydroxylation sites is 1. The summed E-state index contributed by atoms with van der Waals surface area (Å²) in [5, 5.41) is 8.92. The molecule has 0 saturated carbocycles. The number of hydrogen-bond donors (Lipinski definition) is 2. The lowest BCUT2D eigenvalue weighted by atomic mass is 9.90. The smallest absolute Gasteiger partial charge is 0.254 e. The van der Waals surface area contributed by atoms with Crippen LogP contribution in [0.1, 0.15) is 32.0 Å². The fourth-order valence-corrected chi connectivity index (χ4v) is 3.32.